The zero-order valence-corrected chi connectivity index (χ0v) is 14.8. The van der Waals surface area contributed by atoms with E-state index in [2.05, 4.69) is 20.8 Å². The lowest BCUT2D eigenvalue weighted by molar-refractivity contribution is 0.0524. The Bertz CT molecular complexity index is 689. The van der Waals surface area contributed by atoms with Gasteiger partial charge in [-0.05, 0) is 48.3 Å². The summed E-state index contributed by atoms with van der Waals surface area (Å²) >= 11 is 0. The van der Waals surface area contributed by atoms with Crippen LogP contribution in [0, 0.1) is 12.3 Å². The fourth-order valence-corrected chi connectivity index (χ4v) is 4.11. The summed E-state index contributed by atoms with van der Waals surface area (Å²) in [4.78, 5) is 24.9. The summed E-state index contributed by atoms with van der Waals surface area (Å²) in [5, 5.41) is 9.51. The van der Waals surface area contributed by atoms with Crippen LogP contribution >= 0.6 is 0 Å². The Balaban J connectivity index is 1.92. The van der Waals surface area contributed by atoms with Gasteiger partial charge in [-0.15, -0.1) is 0 Å². The number of carboxylic acid groups (broad SMARTS) is 1. The third-order valence-corrected chi connectivity index (χ3v) is 5.50. The molecule has 1 fully saturated rings. The molecule has 0 aromatic heterocycles. The fourth-order valence-electron chi connectivity index (χ4n) is 4.11. The predicted octanol–water partition coefficient (Wildman–Crippen LogP) is 3.94. The van der Waals surface area contributed by atoms with Crippen LogP contribution in [0.25, 0.3) is 0 Å². The molecule has 1 aromatic carbocycles. The van der Waals surface area contributed by atoms with Crippen molar-refractivity contribution in [1.29, 1.82) is 0 Å². The molecule has 2 aliphatic rings. The van der Waals surface area contributed by atoms with Crippen molar-refractivity contribution in [3.05, 3.63) is 34.4 Å². The Morgan fingerprint density at radius 1 is 1.33 bits per heavy atom. The van der Waals surface area contributed by atoms with Gasteiger partial charge in [-0.25, -0.2) is 9.59 Å². The minimum absolute atomic E-state index is 0.0145. The number of carbonyl (C=O) groups is 2. The number of esters is 1. The van der Waals surface area contributed by atoms with Crippen molar-refractivity contribution in [3.63, 3.8) is 0 Å². The van der Waals surface area contributed by atoms with Crippen molar-refractivity contribution in [2.45, 2.75) is 59.1 Å². The van der Waals surface area contributed by atoms with E-state index < -0.39 is 6.09 Å². The molecule has 2 heterocycles. The van der Waals surface area contributed by atoms with Crippen LogP contribution in [0.2, 0.25) is 0 Å². The van der Waals surface area contributed by atoms with E-state index in [9.17, 15) is 14.7 Å². The summed E-state index contributed by atoms with van der Waals surface area (Å²) in [6.07, 6.45) is 0.787. The van der Waals surface area contributed by atoms with Gasteiger partial charge in [0.05, 0.1) is 5.56 Å². The quantitative estimate of drug-likeness (QED) is 0.792. The van der Waals surface area contributed by atoms with Crippen LogP contribution in [0.1, 0.15) is 66.6 Å². The number of nitrogens with zero attached hydrogens (tertiary/aromatic N) is 1. The van der Waals surface area contributed by atoms with Crippen molar-refractivity contribution in [1.82, 2.24) is 4.90 Å². The average molecular weight is 331 g/mol. The zero-order valence-electron chi connectivity index (χ0n) is 14.8. The van der Waals surface area contributed by atoms with Crippen LogP contribution in [0.3, 0.4) is 0 Å². The number of amides is 1. The van der Waals surface area contributed by atoms with Gasteiger partial charge in [-0.1, -0.05) is 26.8 Å². The van der Waals surface area contributed by atoms with E-state index in [4.69, 9.17) is 4.74 Å². The highest BCUT2D eigenvalue weighted by Gasteiger charge is 2.39. The molecular weight excluding hydrogens is 306 g/mol. The molecule has 0 bridgehead atoms. The molecular formula is C19H25NO4. The van der Waals surface area contributed by atoms with E-state index >= 15 is 0 Å². The van der Waals surface area contributed by atoms with Crippen LogP contribution < -0.4 is 0 Å². The van der Waals surface area contributed by atoms with Gasteiger partial charge in [-0.3, -0.25) is 0 Å². The molecule has 0 spiro atoms. The van der Waals surface area contributed by atoms with Gasteiger partial charge in [0.1, 0.15) is 6.61 Å². The van der Waals surface area contributed by atoms with E-state index in [1.807, 2.05) is 19.1 Å². The minimum atomic E-state index is -0.835. The molecule has 5 nitrogen and oxygen atoms in total. The fraction of sp³-hybridized carbons (Fsp3) is 0.579. The lowest BCUT2D eigenvalue weighted by atomic mass is 9.74. The van der Waals surface area contributed by atoms with Gasteiger partial charge >= 0.3 is 12.1 Å². The van der Waals surface area contributed by atoms with Crippen molar-refractivity contribution < 1.29 is 19.4 Å². The smallest absolute Gasteiger partial charge is 0.407 e. The largest absolute Gasteiger partial charge is 0.465 e. The summed E-state index contributed by atoms with van der Waals surface area (Å²) in [7, 11) is 0. The molecule has 2 unspecified atom stereocenters. The maximum atomic E-state index is 11.7. The second-order valence-corrected chi connectivity index (χ2v) is 7.96. The van der Waals surface area contributed by atoms with Crippen LogP contribution in [-0.4, -0.2) is 34.7 Å². The molecule has 2 atom stereocenters. The normalized spacial score (nSPS) is 23.8. The maximum absolute atomic E-state index is 11.7. The second-order valence-electron chi connectivity index (χ2n) is 7.96. The highest BCUT2D eigenvalue weighted by molar-refractivity contribution is 5.94. The zero-order chi connectivity index (χ0) is 17.6. The number of rotatable bonds is 1. The van der Waals surface area contributed by atoms with E-state index in [0.29, 0.717) is 24.6 Å². The monoisotopic (exact) mass is 331 g/mol. The Morgan fingerprint density at radius 3 is 2.67 bits per heavy atom. The number of piperidine rings is 1. The average Bonchev–Trinajstić information content (AvgIpc) is 2.88. The number of ether oxygens (including phenoxy) is 1. The first-order valence-corrected chi connectivity index (χ1v) is 8.49. The van der Waals surface area contributed by atoms with Crippen LogP contribution in [0.4, 0.5) is 4.79 Å². The third kappa shape index (κ3) is 2.76. The van der Waals surface area contributed by atoms with E-state index in [1.54, 1.807) is 4.90 Å². The van der Waals surface area contributed by atoms with E-state index in [0.717, 1.165) is 24.0 Å². The van der Waals surface area contributed by atoms with E-state index in [1.165, 1.54) is 5.56 Å². The van der Waals surface area contributed by atoms with Crippen LogP contribution in [0.15, 0.2) is 12.1 Å². The molecule has 0 aliphatic carbocycles. The minimum Gasteiger partial charge on any atom is -0.465 e. The van der Waals surface area contributed by atoms with Crippen molar-refractivity contribution in [2.24, 2.45) is 5.41 Å². The molecule has 1 aromatic rings. The Kier molecular flexibility index (Phi) is 4.06. The molecule has 1 amide bonds. The first kappa shape index (κ1) is 16.8. The van der Waals surface area contributed by atoms with Gasteiger partial charge in [-0.2, -0.15) is 0 Å². The molecule has 3 rings (SSSR count). The van der Waals surface area contributed by atoms with Crippen molar-refractivity contribution >= 4 is 12.1 Å². The topological polar surface area (TPSA) is 66.8 Å². The van der Waals surface area contributed by atoms with Gasteiger partial charge in [0.2, 0.25) is 0 Å². The lowest BCUT2D eigenvalue weighted by Gasteiger charge is -2.45. The summed E-state index contributed by atoms with van der Waals surface area (Å²) in [5.41, 5.74) is 3.91. The van der Waals surface area contributed by atoms with Crippen molar-refractivity contribution in [3.8, 4) is 0 Å². The lowest BCUT2D eigenvalue weighted by Crippen LogP contribution is -2.51. The predicted molar refractivity (Wildman–Crippen MR) is 90.2 cm³/mol. The summed E-state index contributed by atoms with van der Waals surface area (Å²) in [5.74, 6) is 0.0683. The van der Waals surface area contributed by atoms with Crippen molar-refractivity contribution in [2.75, 3.05) is 6.54 Å². The summed E-state index contributed by atoms with van der Waals surface area (Å²) < 4.78 is 5.15. The first-order valence-electron chi connectivity index (χ1n) is 8.49. The summed E-state index contributed by atoms with van der Waals surface area (Å²) in [6.45, 7) is 9.23. The maximum Gasteiger partial charge on any atom is 0.407 e. The van der Waals surface area contributed by atoms with E-state index in [-0.39, 0.29) is 17.4 Å². The Morgan fingerprint density at radius 2 is 2.04 bits per heavy atom. The van der Waals surface area contributed by atoms with Gasteiger partial charge in [0, 0.05) is 18.2 Å². The number of hydrogen-bond donors (Lipinski definition) is 1. The number of cyclic esters (lactones) is 1. The molecule has 0 saturated carbocycles. The highest BCUT2D eigenvalue weighted by Crippen LogP contribution is 2.41. The van der Waals surface area contributed by atoms with Gasteiger partial charge < -0.3 is 14.7 Å². The Hall–Kier alpha value is -2.04. The molecule has 130 valence electrons. The SMILES string of the molecule is Cc1c(C2CCN(C(=O)O)C(C(C)(C)C)C2)ccc2c1COC2=O. The number of hydrogen-bond acceptors (Lipinski definition) is 3. The number of carbonyl (C=O) groups excluding carboxylic acids is 1. The molecule has 5 heteroatoms. The Labute approximate surface area is 142 Å². The van der Waals surface area contributed by atoms with Crippen LogP contribution in [-0.2, 0) is 11.3 Å². The molecule has 0 radical (unpaired) electrons. The molecule has 24 heavy (non-hydrogen) atoms. The van der Waals surface area contributed by atoms with Gasteiger partial charge in [0.25, 0.3) is 0 Å². The summed E-state index contributed by atoms with van der Waals surface area (Å²) in [6, 6.07) is 3.88. The number of likely N-dealkylation sites (tertiary alicyclic amines) is 1. The molecule has 1 N–H and O–H groups in total. The highest BCUT2D eigenvalue weighted by atomic mass is 16.5. The van der Waals surface area contributed by atoms with Crippen LogP contribution in [0.5, 0.6) is 0 Å². The standard InChI is InChI=1S/C19H25NO4/c1-11-13(5-6-14-15(11)10-24-17(14)21)12-7-8-20(18(22)23)16(9-12)19(2,3)4/h5-6,12,16H,7-10H2,1-4H3,(H,22,23). The third-order valence-electron chi connectivity index (χ3n) is 5.50. The number of fused-ring (bicyclic) bond motifs is 1. The number of benzene rings is 1. The van der Waals surface area contributed by atoms with Gasteiger partial charge in [0.15, 0.2) is 0 Å². The first-order chi connectivity index (χ1) is 11.2. The molecule has 2 aliphatic heterocycles. The molecule has 1 saturated heterocycles. The second kappa shape index (κ2) is 5.80.